The Labute approximate surface area is 96.2 Å². The second-order valence-electron chi connectivity index (χ2n) is 3.90. The van der Waals surface area contributed by atoms with Gasteiger partial charge in [0.05, 0.1) is 6.54 Å². The van der Waals surface area contributed by atoms with Crippen molar-refractivity contribution in [3.8, 4) is 0 Å². The molecule has 4 nitrogen and oxygen atoms in total. The summed E-state index contributed by atoms with van der Waals surface area (Å²) >= 11 is 0. The first-order valence-electron chi connectivity index (χ1n) is 5.79. The van der Waals surface area contributed by atoms with Crippen LogP contribution >= 0.6 is 0 Å². The molecular formula is C12H20N2O2. The maximum atomic E-state index is 10.8. The van der Waals surface area contributed by atoms with Gasteiger partial charge in [-0.1, -0.05) is 20.3 Å². The highest BCUT2D eigenvalue weighted by Crippen LogP contribution is 2.08. The zero-order valence-corrected chi connectivity index (χ0v) is 9.95. The van der Waals surface area contributed by atoms with E-state index in [0.29, 0.717) is 12.6 Å². The molecule has 3 N–H and O–H groups in total. The molecule has 0 aliphatic carbocycles. The largest absolute Gasteiger partial charge is 0.455 e. The summed E-state index contributed by atoms with van der Waals surface area (Å²) in [7, 11) is 0. The molecule has 1 amide bonds. The fraction of sp³-hybridized carbons (Fsp3) is 0.583. The Bertz CT molecular complexity index is 334. The van der Waals surface area contributed by atoms with Crippen LogP contribution in [0.1, 0.15) is 49.4 Å². The first-order valence-corrected chi connectivity index (χ1v) is 5.79. The normalized spacial score (nSPS) is 12.6. The Hall–Kier alpha value is -1.29. The van der Waals surface area contributed by atoms with Crippen molar-refractivity contribution in [2.75, 3.05) is 0 Å². The number of carbonyl (C=O) groups is 1. The molecular weight excluding hydrogens is 204 g/mol. The minimum Gasteiger partial charge on any atom is -0.455 e. The fourth-order valence-electron chi connectivity index (χ4n) is 1.65. The van der Waals surface area contributed by atoms with Crippen molar-refractivity contribution >= 4 is 5.91 Å². The molecule has 1 aromatic rings. The number of rotatable bonds is 7. The summed E-state index contributed by atoms with van der Waals surface area (Å²) in [5.74, 6) is 0.454. The number of nitrogens with one attached hydrogen (secondary N) is 1. The van der Waals surface area contributed by atoms with Crippen molar-refractivity contribution in [2.45, 2.75) is 45.7 Å². The van der Waals surface area contributed by atoms with E-state index in [9.17, 15) is 4.79 Å². The third-order valence-electron chi connectivity index (χ3n) is 2.60. The summed E-state index contributed by atoms with van der Waals surface area (Å²) in [6, 6.07) is 3.90. The van der Waals surface area contributed by atoms with Gasteiger partial charge >= 0.3 is 0 Å². The van der Waals surface area contributed by atoms with E-state index in [4.69, 9.17) is 10.2 Å². The van der Waals surface area contributed by atoms with Gasteiger partial charge in [0, 0.05) is 6.04 Å². The lowest BCUT2D eigenvalue weighted by Gasteiger charge is -2.14. The van der Waals surface area contributed by atoms with Crippen LogP contribution in [0.4, 0.5) is 0 Å². The molecule has 1 unspecified atom stereocenters. The van der Waals surface area contributed by atoms with Gasteiger partial charge in [-0.25, -0.2) is 0 Å². The topological polar surface area (TPSA) is 68.3 Å². The Balaban J connectivity index is 2.44. The molecule has 1 aromatic heterocycles. The molecule has 0 aliphatic heterocycles. The van der Waals surface area contributed by atoms with Gasteiger partial charge in [0.15, 0.2) is 5.76 Å². The predicted molar refractivity (Wildman–Crippen MR) is 63.1 cm³/mol. The number of nitrogens with two attached hydrogens (primary N) is 1. The number of primary amides is 1. The fourth-order valence-corrected chi connectivity index (χ4v) is 1.65. The molecule has 0 aliphatic rings. The van der Waals surface area contributed by atoms with E-state index in [2.05, 4.69) is 19.2 Å². The molecule has 4 heteroatoms. The number of carbonyl (C=O) groups excluding carboxylic acids is 1. The van der Waals surface area contributed by atoms with E-state index >= 15 is 0 Å². The molecule has 0 fully saturated rings. The lowest BCUT2D eigenvalue weighted by molar-refractivity contribution is 0.0972. The van der Waals surface area contributed by atoms with Crippen LogP contribution in [0.15, 0.2) is 16.5 Å². The smallest absolute Gasteiger partial charge is 0.284 e. The highest BCUT2D eigenvalue weighted by Gasteiger charge is 2.09. The summed E-state index contributed by atoms with van der Waals surface area (Å²) in [5.41, 5.74) is 5.10. The second-order valence-corrected chi connectivity index (χ2v) is 3.90. The zero-order valence-electron chi connectivity index (χ0n) is 9.95. The Morgan fingerprint density at radius 1 is 1.50 bits per heavy atom. The monoisotopic (exact) mass is 224 g/mol. The molecule has 0 spiro atoms. The van der Waals surface area contributed by atoms with Gasteiger partial charge in [0.25, 0.3) is 5.91 Å². The molecule has 90 valence electrons. The average molecular weight is 224 g/mol. The van der Waals surface area contributed by atoms with Crippen LogP contribution in [0.5, 0.6) is 0 Å². The summed E-state index contributed by atoms with van der Waals surface area (Å²) in [6.07, 6.45) is 3.41. The number of furan rings is 1. The lowest BCUT2D eigenvalue weighted by atomic mass is 10.1. The minimum atomic E-state index is -0.521. The van der Waals surface area contributed by atoms with E-state index in [1.165, 1.54) is 0 Å². The molecule has 1 rings (SSSR count). The van der Waals surface area contributed by atoms with Gasteiger partial charge in [0.2, 0.25) is 0 Å². The van der Waals surface area contributed by atoms with Gasteiger partial charge in [-0.05, 0) is 25.0 Å². The van der Waals surface area contributed by atoms with E-state index in [1.807, 2.05) is 0 Å². The molecule has 0 aromatic carbocycles. The molecule has 16 heavy (non-hydrogen) atoms. The standard InChI is InChI=1S/C12H20N2O2/c1-3-5-9(4-2)14-8-10-6-7-11(16-10)12(13)15/h6-7,9,14H,3-5,8H2,1-2H3,(H2,13,15). The van der Waals surface area contributed by atoms with Crippen molar-refractivity contribution in [3.63, 3.8) is 0 Å². The Morgan fingerprint density at radius 2 is 2.25 bits per heavy atom. The lowest BCUT2D eigenvalue weighted by Crippen LogP contribution is -2.27. The quantitative estimate of drug-likeness (QED) is 0.744. The average Bonchev–Trinajstić information content (AvgIpc) is 2.73. The SMILES string of the molecule is CCCC(CC)NCc1ccc(C(N)=O)o1. The highest BCUT2D eigenvalue weighted by atomic mass is 16.3. The van der Waals surface area contributed by atoms with Crippen molar-refractivity contribution in [1.82, 2.24) is 5.32 Å². The van der Waals surface area contributed by atoms with Crippen LogP contribution in [0.3, 0.4) is 0 Å². The van der Waals surface area contributed by atoms with Crippen LogP contribution < -0.4 is 11.1 Å². The summed E-state index contributed by atoms with van der Waals surface area (Å²) in [6.45, 7) is 4.97. The molecule has 0 saturated carbocycles. The predicted octanol–water partition coefficient (Wildman–Crippen LogP) is 2.05. The van der Waals surface area contributed by atoms with Gasteiger partial charge < -0.3 is 15.5 Å². The minimum absolute atomic E-state index is 0.223. The second kappa shape index (κ2) is 6.33. The van der Waals surface area contributed by atoms with E-state index in [0.717, 1.165) is 25.0 Å². The van der Waals surface area contributed by atoms with Crippen molar-refractivity contribution in [2.24, 2.45) is 5.73 Å². The van der Waals surface area contributed by atoms with E-state index in [-0.39, 0.29) is 5.76 Å². The summed E-state index contributed by atoms with van der Waals surface area (Å²) in [5, 5.41) is 3.39. The van der Waals surface area contributed by atoms with Gasteiger partial charge in [-0.3, -0.25) is 4.79 Å². The van der Waals surface area contributed by atoms with Gasteiger partial charge in [-0.2, -0.15) is 0 Å². The molecule has 1 atom stereocenters. The Morgan fingerprint density at radius 3 is 2.75 bits per heavy atom. The first kappa shape index (κ1) is 12.8. The third-order valence-corrected chi connectivity index (χ3v) is 2.60. The first-order chi connectivity index (χ1) is 7.67. The number of hydrogen-bond donors (Lipinski definition) is 2. The zero-order chi connectivity index (χ0) is 12.0. The van der Waals surface area contributed by atoms with Crippen LogP contribution in [-0.2, 0) is 6.54 Å². The maximum Gasteiger partial charge on any atom is 0.284 e. The molecule has 0 bridgehead atoms. The van der Waals surface area contributed by atoms with E-state index < -0.39 is 5.91 Å². The molecule has 1 heterocycles. The van der Waals surface area contributed by atoms with E-state index in [1.54, 1.807) is 12.1 Å². The van der Waals surface area contributed by atoms with Crippen LogP contribution in [0.25, 0.3) is 0 Å². The maximum absolute atomic E-state index is 10.8. The van der Waals surface area contributed by atoms with Crippen LogP contribution in [0.2, 0.25) is 0 Å². The van der Waals surface area contributed by atoms with Crippen LogP contribution in [0, 0.1) is 0 Å². The Kier molecular flexibility index (Phi) is 5.05. The van der Waals surface area contributed by atoms with Crippen LogP contribution in [-0.4, -0.2) is 11.9 Å². The number of amides is 1. The van der Waals surface area contributed by atoms with Crippen molar-refractivity contribution in [1.29, 1.82) is 0 Å². The van der Waals surface area contributed by atoms with Gasteiger partial charge in [-0.15, -0.1) is 0 Å². The van der Waals surface area contributed by atoms with Gasteiger partial charge in [0.1, 0.15) is 5.76 Å². The summed E-state index contributed by atoms with van der Waals surface area (Å²) in [4.78, 5) is 10.8. The highest BCUT2D eigenvalue weighted by molar-refractivity contribution is 5.89. The molecule has 0 saturated heterocycles. The molecule has 0 radical (unpaired) electrons. The number of hydrogen-bond acceptors (Lipinski definition) is 3. The van der Waals surface area contributed by atoms with Crippen molar-refractivity contribution < 1.29 is 9.21 Å². The summed E-state index contributed by atoms with van der Waals surface area (Å²) < 4.78 is 5.28. The van der Waals surface area contributed by atoms with Crippen molar-refractivity contribution in [3.05, 3.63) is 23.7 Å². The third kappa shape index (κ3) is 3.70.